The van der Waals surface area contributed by atoms with E-state index in [1.165, 1.54) is 14.2 Å². The van der Waals surface area contributed by atoms with Crippen LogP contribution in [0.5, 0.6) is 11.5 Å². The van der Waals surface area contributed by atoms with Gasteiger partial charge >= 0.3 is 6.03 Å². The lowest BCUT2D eigenvalue weighted by Crippen LogP contribution is -2.57. The lowest BCUT2D eigenvalue weighted by atomic mass is 10.00. The molecule has 1 fully saturated rings. The number of para-hydroxylation sites is 1. The van der Waals surface area contributed by atoms with E-state index >= 15 is 0 Å². The largest absolute Gasteiger partial charge is 0.457 e. The van der Waals surface area contributed by atoms with Gasteiger partial charge in [0.25, 0.3) is 11.8 Å². The number of aromatic nitrogens is 1. The minimum atomic E-state index is -0.759. The average Bonchev–Trinajstić information content (AvgIpc) is 3.42. The molecule has 228 valence electrons. The van der Waals surface area contributed by atoms with Gasteiger partial charge < -0.3 is 24.8 Å². The van der Waals surface area contributed by atoms with Gasteiger partial charge in [-0.1, -0.05) is 18.2 Å². The van der Waals surface area contributed by atoms with Gasteiger partial charge in [0.15, 0.2) is 6.10 Å². The van der Waals surface area contributed by atoms with Gasteiger partial charge in [-0.25, -0.2) is 9.78 Å². The molecule has 0 bridgehead atoms. The molecule has 11 nitrogen and oxygen atoms in total. The molecule has 0 unspecified atom stereocenters. The molecule has 2 aromatic heterocycles. The number of rotatable bonds is 9. The number of ether oxygens (including phenoxy) is 3. The van der Waals surface area contributed by atoms with Crippen molar-refractivity contribution in [2.45, 2.75) is 31.9 Å². The summed E-state index contributed by atoms with van der Waals surface area (Å²) >= 11 is 1.16. The predicted octanol–water partition coefficient (Wildman–Crippen LogP) is 5.23. The fourth-order valence-corrected chi connectivity index (χ4v) is 6.99. The van der Waals surface area contributed by atoms with Gasteiger partial charge in [-0.2, -0.15) is 0 Å². The Bertz CT molecular complexity index is 1730. The number of thiophene rings is 1. The Morgan fingerprint density at radius 3 is 2.59 bits per heavy atom. The minimum Gasteiger partial charge on any atom is -0.457 e. The molecule has 0 aliphatic carbocycles. The number of nitrogens with two attached hydrogens (primary N) is 1. The number of aryl methyl sites for hydroxylation is 1. The third kappa shape index (κ3) is 5.25. The first-order valence-corrected chi connectivity index (χ1v) is 15.1. The molecular formula is C32H33N5O6S. The number of benzene rings is 2. The Hall–Kier alpha value is -4.52. The number of hydrogen-bond donors (Lipinski definition) is 1. The number of piperidine rings is 1. The summed E-state index contributed by atoms with van der Waals surface area (Å²) in [6, 6.07) is 16.0. The number of methoxy groups -OCH3 is 2. The molecule has 4 aromatic rings. The predicted molar refractivity (Wildman–Crippen MR) is 168 cm³/mol. The zero-order chi connectivity index (χ0) is 31.0. The molecule has 2 aliphatic rings. The second-order valence-electron chi connectivity index (χ2n) is 10.8. The number of likely N-dealkylation sites (tertiary alicyclic amines) is 1. The quantitative estimate of drug-likeness (QED) is 0.273. The van der Waals surface area contributed by atoms with Gasteiger partial charge in [0, 0.05) is 33.5 Å². The average molecular weight is 616 g/mol. The molecule has 2 N–H and O–H groups in total. The van der Waals surface area contributed by atoms with Gasteiger partial charge in [0.1, 0.15) is 21.2 Å². The van der Waals surface area contributed by atoms with E-state index in [1.54, 1.807) is 27.0 Å². The van der Waals surface area contributed by atoms with Crippen LogP contribution in [-0.2, 0) is 14.3 Å². The summed E-state index contributed by atoms with van der Waals surface area (Å²) < 4.78 is 16.6. The number of anilines is 3. The Labute approximate surface area is 258 Å². The smallest absolute Gasteiger partial charge is 0.334 e. The molecule has 2 aliphatic heterocycles. The molecular weight excluding hydrogens is 582 g/mol. The summed E-state index contributed by atoms with van der Waals surface area (Å²) in [5.41, 5.74) is 8.40. The third-order valence-electron chi connectivity index (χ3n) is 7.99. The van der Waals surface area contributed by atoms with Crippen molar-refractivity contribution in [2.24, 2.45) is 5.73 Å². The highest BCUT2D eigenvalue weighted by atomic mass is 32.1. The summed E-state index contributed by atoms with van der Waals surface area (Å²) in [5.74, 6) is 0.492. The van der Waals surface area contributed by atoms with Gasteiger partial charge in [-0.3, -0.25) is 19.4 Å². The normalized spacial score (nSPS) is 17.2. The Morgan fingerprint density at radius 1 is 1.09 bits per heavy atom. The molecule has 6 rings (SSSR count). The Kier molecular flexibility index (Phi) is 8.21. The van der Waals surface area contributed by atoms with E-state index in [4.69, 9.17) is 19.9 Å². The van der Waals surface area contributed by atoms with Crippen molar-refractivity contribution in [3.8, 4) is 11.5 Å². The zero-order valence-electron chi connectivity index (χ0n) is 24.7. The molecule has 2 atom stereocenters. The maximum absolute atomic E-state index is 14.7. The summed E-state index contributed by atoms with van der Waals surface area (Å²) in [7, 11) is 2.99. The maximum Gasteiger partial charge on any atom is 0.334 e. The van der Waals surface area contributed by atoms with Crippen LogP contribution >= 0.6 is 11.3 Å². The van der Waals surface area contributed by atoms with Crippen LogP contribution in [0.1, 0.15) is 28.1 Å². The maximum atomic E-state index is 14.7. The van der Waals surface area contributed by atoms with Gasteiger partial charge in [0.2, 0.25) is 0 Å². The summed E-state index contributed by atoms with van der Waals surface area (Å²) in [5, 5.41) is 0.674. The van der Waals surface area contributed by atoms with E-state index in [0.29, 0.717) is 58.2 Å². The SMILES string of the molecule is COC[C@@H](OC)C(=O)N1CCC[C@@H](N2C(=O)N(c3ccc(Oc4ccccc4)cc3C)c3ccnc4sc(C(N)=O)c2c34)C1. The van der Waals surface area contributed by atoms with Crippen LogP contribution < -0.4 is 20.3 Å². The highest BCUT2D eigenvalue weighted by Gasteiger charge is 2.43. The lowest BCUT2D eigenvalue weighted by molar-refractivity contribution is -0.146. The molecule has 4 heterocycles. The van der Waals surface area contributed by atoms with E-state index in [2.05, 4.69) is 4.98 Å². The number of hydrogen-bond acceptors (Lipinski definition) is 8. The number of nitrogens with zero attached hydrogens (tertiary/aromatic N) is 4. The van der Waals surface area contributed by atoms with Crippen LogP contribution in [-0.4, -0.2) is 73.8 Å². The molecule has 0 radical (unpaired) electrons. The van der Waals surface area contributed by atoms with Crippen LogP contribution in [0.15, 0.2) is 60.8 Å². The van der Waals surface area contributed by atoms with Crippen molar-refractivity contribution in [3.63, 3.8) is 0 Å². The number of urea groups is 1. The number of amides is 4. The molecule has 12 heteroatoms. The van der Waals surface area contributed by atoms with E-state index in [9.17, 15) is 14.4 Å². The Balaban J connectivity index is 1.43. The van der Waals surface area contributed by atoms with E-state index in [0.717, 1.165) is 16.9 Å². The first-order chi connectivity index (χ1) is 21.3. The monoisotopic (exact) mass is 615 g/mol. The second-order valence-corrected chi connectivity index (χ2v) is 11.8. The first kappa shape index (κ1) is 29.5. The van der Waals surface area contributed by atoms with Crippen molar-refractivity contribution in [1.82, 2.24) is 9.88 Å². The van der Waals surface area contributed by atoms with Crippen LogP contribution in [0.2, 0.25) is 0 Å². The first-order valence-electron chi connectivity index (χ1n) is 14.3. The molecule has 0 saturated carbocycles. The van der Waals surface area contributed by atoms with Crippen LogP contribution in [0, 0.1) is 6.92 Å². The summed E-state index contributed by atoms with van der Waals surface area (Å²) in [4.78, 5) is 51.2. The van der Waals surface area contributed by atoms with Crippen molar-refractivity contribution >= 4 is 56.5 Å². The molecule has 44 heavy (non-hydrogen) atoms. The van der Waals surface area contributed by atoms with E-state index in [1.807, 2.05) is 55.5 Å². The molecule has 1 saturated heterocycles. The van der Waals surface area contributed by atoms with Gasteiger partial charge in [-0.05, 0) is 61.7 Å². The number of primary amides is 1. The van der Waals surface area contributed by atoms with Crippen LogP contribution in [0.25, 0.3) is 10.2 Å². The van der Waals surface area contributed by atoms with Gasteiger partial charge in [0.05, 0.1) is 35.1 Å². The van der Waals surface area contributed by atoms with Crippen molar-refractivity contribution in [3.05, 3.63) is 71.2 Å². The lowest BCUT2D eigenvalue weighted by Gasteiger charge is -2.44. The van der Waals surface area contributed by atoms with Crippen molar-refractivity contribution in [2.75, 3.05) is 43.7 Å². The van der Waals surface area contributed by atoms with Crippen molar-refractivity contribution < 1.29 is 28.6 Å². The fourth-order valence-electron chi connectivity index (χ4n) is 5.98. The van der Waals surface area contributed by atoms with E-state index in [-0.39, 0.29) is 30.0 Å². The second kappa shape index (κ2) is 12.2. The summed E-state index contributed by atoms with van der Waals surface area (Å²) in [6.45, 7) is 2.82. The standard InChI is InChI=1S/C32H33N5O6S/c1-19-16-22(43-21-9-5-4-6-10-21)11-12-23(19)37-24-13-14-34-30-26(24)27(28(44-30)29(33)38)36(32(37)40)20-8-7-15-35(17-20)31(39)25(42-3)18-41-2/h4-6,9-14,16,20,25H,7-8,15,17-18H2,1-3H3,(H2,33,38)/t20-,25-/m1/s1. The topological polar surface area (TPSA) is 128 Å². The highest BCUT2D eigenvalue weighted by molar-refractivity contribution is 7.21. The molecule has 4 amide bonds. The highest BCUT2D eigenvalue weighted by Crippen LogP contribution is 2.50. The zero-order valence-corrected chi connectivity index (χ0v) is 25.5. The molecule has 2 aromatic carbocycles. The number of pyridine rings is 1. The minimum absolute atomic E-state index is 0.117. The molecule has 0 spiro atoms. The Morgan fingerprint density at radius 2 is 1.89 bits per heavy atom. The van der Waals surface area contributed by atoms with E-state index < -0.39 is 18.1 Å². The third-order valence-corrected chi connectivity index (χ3v) is 9.09. The number of carbonyl (C=O) groups excluding carboxylic acids is 3. The van der Waals surface area contributed by atoms with Crippen LogP contribution in [0.3, 0.4) is 0 Å². The van der Waals surface area contributed by atoms with Gasteiger partial charge in [-0.15, -0.1) is 11.3 Å². The van der Waals surface area contributed by atoms with Crippen molar-refractivity contribution in [1.29, 1.82) is 0 Å². The fraction of sp³-hybridized carbons (Fsp3) is 0.312. The number of carbonyl (C=O) groups is 3. The van der Waals surface area contributed by atoms with Crippen LogP contribution in [0.4, 0.5) is 21.9 Å². The summed E-state index contributed by atoms with van der Waals surface area (Å²) in [6.07, 6.45) is 2.15.